The van der Waals surface area contributed by atoms with E-state index in [-0.39, 0.29) is 36.7 Å². The molecule has 8 heteroatoms. The van der Waals surface area contributed by atoms with Gasteiger partial charge >= 0.3 is 6.61 Å². The van der Waals surface area contributed by atoms with E-state index in [4.69, 9.17) is 4.74 Å². The van der Waals surface area contributed by atoms with Crippen LogP contribution in [0, 0.1) is 6.92 Å². The number of carbonyl (C=O) groups excluding carboxylic acids is 1. The van der Waals surface area contributed by atoms with Crippen molar-refractivity contribution in [1.29, 1.82) is 0 Å². The lowest BCUT2D eigenvalue weighted by Crippen LogP contribution is -2.55. The first kappa shape index (κ1) is 19.6. The second-order valence-electron chi connectivity index (χ2n) is 5.22. The number of ether oxygens (including phenoxy) is 2. The molecule has 0 saturated carbocycles. The summed E-state index contributed by atoms with van der Waals surface area (Å²) in [5.41, 5.74) is 1.41. The van der Waals surface area contributed by atoms with Crippen molar-refractivity contribution < 1.29 is 23.0 Å². The monoisotopic (exact) mass is 350 g/mol. The number of alkyl halides is 2. The molecule has 130 valence electrons. The zero-order valence-corrected chi connectivity index (χ0v) is 13.8. The van der Waals surface area contributed by atoms with Gasteiger partial charge in [0.15, 0.2) is 0 Å². The van der Waals surface area contributed by atoms with Gasteiger partial charge in [-0.25, -0.2) is 0 Å². The van der Waals surface area contributed by atoms with Crippen LogP contribution in [0.25, 0.3) is 0 Å². The highest BCUT2D eigenvalue weighted by Crippen LogP contribution is 2.22. The Morgan fingerprint density at radius 1 is 1.52 bits per heavy atom. The predicted molar refractivity (Wildman–Crippen MR) is 84.1 cm³/mol. The van der Waals surface area contributed by atoms with Gasteiger partial charge in [-0.2, -0.15) is 8.78 Å². The Bertz CT molecular complexity index is 531. The molecule has 1 amide bonds. The van der Waals surface area contributed by atoms with Crippen LogP contribution in [0.5, 0.6) is 5.75 Å². The van der Waals surface area contributed by atoms with Crippen LogP contribution in [0.2, 0.25) is 0 Å². The Morgan fingerprint density at radius 3 is 2.91 bits per heavy atom. The molecule has 0 bridgehead atoms. The van der Waals surface area contributed by atoms with Gasteiger partial charge < -0.3 is 20.1 Å². The molecule has 1 aromatic carbocycles. The molecule has 1 fully saturated rings. The van der Waals surface area contributed by atoms with Crippen molar-refractivity contribution in [2.75, 3.05) is 13.2 Å². The Hall–Kier alpha value is -1.44. The fourth-order valence-electron chi connectivity index (χ4n) is 2.38. The molecule has 0 aliphatic carbocycles. The van der Waals surface area contributed by atoms with Gasteiger partial charge in [0.1, 0.15) is 11.8 Å². The minimum atomic E-state index is -2.90. The Kier molecular flexibility index (Phi) is 7.67. The Labute approximate surface area is 140 Å². The van der Waals surface area contributed by atoms with Crippen LogP contribution in [0.15, 0.2) is 18.2 Å². The number of aryl methyl sites for hydroxylation is 1. The third-order valence-electron chi connectivity index (χ3n) is 3.48. The van der Waals surface area contributed by atoms with E-state index in [1.54, 1.807) is 12.1 Å². The van der Waals surface area contributed by atoms with E-state index in [0.29, 0.717) is 18.7 Å². The number of morpholine rings is 1. The quantitative estimate of drug-likeness (QED) is 0.853. The van der Waals surface area contributed by atoms with E-state index < -0.39 is 12.7 Å². The van der Waals surface area contributed by atoms with E-state index in [0.717, 1.165) is 5.56 Å². The second kappa shape index (κ2) is 9.00. The van der Waals surface area contributed by atoms with Crippen molar-refractivity contribution in [2.24, 2.45) is 0 Å². The molecule has 1 aliphatic heterocycles. The maximum absolute atomic E-state index is 12.4. The average Bonchev–Trinajstić information content (AvgIpc) is 2.47. The average molecular weight is 351 g/mol. The van der Waals surface area contributed by atoms with Crippen LogP contribution < -0.4 is 15.4 Å². The summed E-state index contributed by atoms with van der Waals surface area (Å²) >= 11 is 0. The molecule has 2 rings (SSSR count). The van der Waals surface area contributed by atoms with Gasteiger partial charge in [-0.05, 0) is 19.9 Å². The van der Waals surface area contributed by atoms with Crippen LogP contribution in [0.3, 0.4) is 0 Å². The lowest BCUT2D eigenvalue weighted by Gasteiger charge is -2.29. The number of hydrogen-bond acceptors (Lipinski definition) is 4. The largest absolute Gasteiger partial charge is 0.434 e. The number of benzene rings is 1. The Morgan fingerprint density at radius 2 is 2.26 bits per heavy atom. The first-order chi connectivity index (χ1) is 10.5. The molecule has 23 heavy (non-hydrogen) atoms. The van der Waals surface area contributed by atoms with Crippen molar-refractivity contribution in [3.8, 4) is 5.75 Å². The first-order valence-corrected chi connectivity index (χ1v) is 7.14. The van der Waals surface area contributed by atoms with E-state index in [1.165, 1.54) is 6.07 Å². The van der Waals surface area contributed by atoms with Crippen LogP contribution in [0.1, 0.15) is 18.1 Å². The molecule has 0 radical (unpaired) electrons. The molecular weight excluding hydrogens is 330 g/mol. The number of carbonyl (C=O) groups is 1. The number of nitrogens with one attached hydrogen (secondary N) is 2. The number of halogens is 3. The highest BCUT2D eigenvalue weighted by molar-refractivity contribution is 5.85. The van der Waals surface area contributed by atoms with E-state index in [9.17, 15) is 13.6 Å². The van der Waals surface area contributed by atoms with Crippen molar-refractivity contribution in [2.45, 2.75) is 39.1 Å². The fourth-order valence-corrected chi connectivity index (χ4v) is 2.38. The second-order valence-corrected chi connectivity index (χ2v) is 5.22. The van der Waals surface area contributed by atoms with Crippen LogP contribution in [0.4, 0.5) is 8.78 Å². The van der Waals surface area contributed by atoms with Gasteiger partial charge in [0.2, 0.25) is 5.91 Å². The minimum Gasteiger partial charge on any atom is -0.434 e. The van der Waals surface area contributed by atoms with E-state index >= 15 is 0 Å². The molecule has 1 heterocycles. The number of hydrogen-bond donors (Lipinski definition) is 2. The molecule has 2 atom stereocenters. The van der Waals surface area contributed by atoms with Crippen LogP contribution in [-0.4, -0.2) is 37.8 Å². The highest BCUT2D eigenvalue weighted by atomic mass is 35.5. The molecule has 1 aromatic rings. The maximum atomic E-state index is 12.4. The normalized spacial score (nSPS) is 20.7. The van der Waals surface area contributed by atoms with E-state index in [1.807, 2.05) is 13.8 Å². The summed E-state index contributed by atoms with van der Waals surface area (Å²) < 4.78 is 34.7. The molecule has 1 saturated heterocycles. The van der Waals surface area contributed by atoms with Crippen molar-refractivity contribution in [3.63, 3.8) is 0 Å². The van der Waals surface area contributed by atoms with Crippen LogP contribution in [-0.2, 0) is 16.1 Å². The summed E-state index contributed by atoms with van der Waals surface area (Å²) in [6.07, 6.45) is -0.233. The maximum Gasteiger partial charge on any atom is 0.387 e. The molecule has 1 aliphatic rings. The van der Waals surface area contributed by atoms with Crippen LogP contribution >= 0.6 is 12.4 Å². The summed E-state index contributed by atoms with van der Waals surface area (Å²) in [6, 6.07) is 4.43. The molecule has 2 N–H and O–H groups in total. The predicted octanol–water partition coefficient (Wildman–Crippen LogP) is 2.01. The van der Waals surface area contributed by atoms with Crippen molar-refractivity contribution in [3.05, 3.63) is 29.3 Å². The summed E-state index contributed by atoms with van der Waals surface area (Å²) in [7, 11) is 0. The van der Waals surface area contributed by atoms with Gasteiger partial charge in [0.25, 0.3) is 0 Å². The molecule has 0 aromatic heterocycles. The Balaban J connectivity index is 0.00000264. The van der Waals surface area contributed by atoms with Crippen molar-refractivity contribution >= 4 is 18.3 Å². The smallest absolute Gasteiger partial charge is 0.387 e. The highest BCUT2D eigenvalue weighted by Gasteiger charge is 2.28. The zero-order chi connectivity index (χ0) is 16.1. The van der Waals surface area contributed by atoms with Gasteiger partial charge in [-0.15, -0.1) is 12.4 Å². The minimum absolute atomic E-state index is 0. The molecule has 5 nitrogen and oxygen atoms in total. The standard InChI is InChI=1S/C15H20F2N2O3.ClH/c1-9-3-4-12(22-15(16)17)11(7-9)8-19-14(20)13-10(2)21-6-5-18-13;/h3-4,7,10,13,15,18H,5-6,8H2,1-2H3,(H,19,20);1H/t10-,13+;/m1./s1. The van der Waals surface area contributed by atoms with Gasteiger partial charge in [0.05, 0.1) is 12.7 Å². The summed E-state index contributed by atoms with van der Waals surface area (Å²) in [5, 5.41) is 5.81. The van der Waals surface area contributed by atoms with E-state index in [2.05, 4.69) is 15.4 Å². The lowest BCUT2D eigenvalue weighted by molar-refractivity contribution is -0.129. The number of amides is 1. The third-order valence-corrected chi connectivity index (χ3v) is 3.48. The van der Waals surface area contributed by atoms with Gasteiger partial charge in [-0.3, -0.25) is 4.79 Å². The number of rotatable bonds is 5. The van der Waals surface area contributed by atoms with Gasteiger partial charge in [0, 0.05) is 18.7 Å². The first-order valence-electron chi connectivity index (χ1n) is 7.14. The molecule has 0 spiro atoms. The summed E-state index contributed by atoms with van der Waals surface area (Å²) in [4.78, 5) is 12.2. The third kappa shape index (κ3) is 5.60. The topological polar surface area (TPSA) is 59.6 Å². The summed E-state index contributed by atoms with van der Waals surface area (Å²) in [5.74, 6) is -0.154. The molecule has 0 unspecified atom stereocenters. The van der Waals surface area contributed by atoms with Gasteiger partial charge in [-0.1, -0.05) is 17.7 Å². The zero-order valence-electron chi connectivity index (χ0n) is 13.0. The molecular formula is C15H21ClF2N2O3. The lowest BCUT2D eigenvalue weighted by atomic mass is 10.1. The van der Waals surface area contributed by atoms with Crippen molar-refractivity contribution in [1.82, 2.24) is 10.6 Å². The fraction of sp³-hybridized carbons (Fsp3) is 0.533. The SMILES string of the molecule is Cc1ccc(OC(F)F)c(CNC(=O)[C@H]2NCCO[C@@H]2C)c1.Cl. The summed E-state index contributed by atoms with van der Waals surface area (Å²) in [6.45, 7) is 2.05.